The molecule has 0 saturated carbocycles. The predicted molar refractivity (Wildman–Crippen MR) is 122 cm³/mol. The summed E-state index contributed by atoms with van der Waals surface area (Å²) in [6.07, 6.45) is 3.62. The summed E-state index contributed by atoms with van der Waals surface area (Å²) in [6.45, 7) is 11.2. The zero-order valence-corrected chi connectivity index (χ0v) is 19.4. The molecule has 3 heterocycles. The van der Waals surface area contributed by atoms with Crippen LogP contribution >= 0.6 is 0 Å². The number of nitrogens with zero attached hydrogens (tertiary/aromatic N) is 3. The van der Waals surface area contributed by atoms with Crippen molar-refractivity contribution in [2.45, 2.75) is 58.2 Å². The van der Waals surface area contributed by atoms with E-state index in [0.717, 1.165) is 5.56 Å². The predicted octanol–water partition coefficient (Wildman–Crippen LogP) is 3.41. The SMILES string of the molecule is CC(C)c1ccc(C(O)(c2cncc(-c3noc(CC(C)(C)O)n3)c2)C2(C)CNC2)cc1. The number of nitrogens with one attached hydrogen (secondary N) is 1. The van der Waals surface area contributed by atoms with Crippen LogP contribution in [0.4, 0.5) is 0 Å². The van der Waals surface area contributed by atoms with E-state index in [9.17, 15) is 10.2 Å². The number of rotatable bonds is 7. The van der Waals surface area contributed by atoms with Gasteiger partial charge in [0.15, 0.2) is 0 Å². The minimum absolute atomic E-state index is 0.253. The summed E-state index contributed by atoms with van der Waals surface area (Å²) in [6, 6.07) is 10.1. The standard InChI is InChI=1S/C25H32N4O3/c1-16(2)17-6-8-19(9-7-17)25(31,24(5)14-27-15-24)20-10-18(12-26-13-20)22-28-21(32-29-22)11-23(3,4)30/h6-10,12-13,16,27,30-31H,11,14-15H2,1-5H3. The highest BCUT2D eigenvalue weighted by Gasteiger charge is 2.53. The van der Waals surface area contributed by atoms with E-state index in [1.165, 1.54) is 5.56 Å². The normalized spacial score (nSPS) is 17.8. The fourth-order valence-corrected chi connectivity index (χ4v) is 4.30. The van der Waals surface area contributed by atoms with Crippen LogP contribution in [-0.4, -0.2) is 44.0 Å². The third kappa shape index (κ3) is 4.08. The summed E-state index contributed by atoms with van der Waals surface area (Å²) in [7, 11) is 0. The van der Waals surface area contributed by atoms with Crippen molar-refractivity contribution < 1.29 is 14.7 Å². The van der Waals surface area contributed by atoms with Gasteiger partial charge in [-0.25, -0.2) is 0 Å². The molecule has 0 radical (unpaired) electrons. The van der Waals surface area contributed by atoms with Crippen LogP contribution in [0.3, 0.4) is 0 Å². The summed E-state index contributed by atoms with van der Waals surface area (Å²) in [5, 5.41) is 29.6. The Bertz CT molecular complexity index is 1080. The Hall–Kier alpha value is -2.61. The number of pyridine rings is 1. The molecular weight excluding hydrogens is 404 g/mol. The van der Waals surface area contributed by atoms with Gasteiger partial charge < -0.3 is 20.1 Å². The van der Waals surface area contributed by atoms with E-state index in [-0.39, 0.29) is 6.42 Å². The highest BCUT2D eigenvalue weighted by atomic mass is 16.5. The van der Waals surface area contributed by atoms with Crippen LogP contribution in [0.15, 0.2) is 47.2 Å². The Kier molecular flexibility index (Phi) is 5.69. The maximum atomic E-state index is 12.2. The fraction of sp³-hybridized carbons (Fsp3) is 0.480. The van der Waals surface area contributed by atoms with Gasteiger partial charge in [0.2, 0.25) is 11.7 Å². The van der Waals surface area contributed by atoms with Gasteiger partial charge in [-0.05, 0) is 37.0 Å². The average Bonchev–Trinajstić information content (AvgIpc) is 3.18. The smallest absolute Gasteiger partial charge is 0.229 e. The van der Waals surface area contributed by atoms with E-state index in [1.807, 2.05) is 18.2 Å². The van der Waals surface area contributed by atoms with Crippen LogP contribution < -0.4 is 5.32 Å². The average molecular weight is 437 g/mol. The molecule has 0 amide bonds. The topological polar surface area (TPSA) is 104 Å². The van der Waals surface area contributed by atoms with Crippen molar-refractivity contribution in [2.24, 2.45) is 5.41 Å². The molecule has 170 valence electrons. The lowest BCUT2D eigenvalue weighted by Crippen LogP contribution is -2.63. The molecule has 1 aromatic carbocycles. The third-order valence-corrected chi connectivity index (χ3v) is 6.37. The summed E-state index contributed by atoms with van der Waals surface area (Å²) in [4.78, 5) is 8.82. The first-order valence-electron chi connectivity index (χ1n) is 11.1. The van der Waals surface area contributed by atoms with Crippen molar-refractivity contribution in [3.63, 3.8) is 0 Å². The Labute approximate surface area is 188 Å². The van der Waals surface area contributed by atoms with Crippen molar-refractivity contribution in [3.05, 3.63) is 65.3 Å². The third-order valence-electron chi connectivity index (χ3n) is 6.37. The second-order valence-corrected chi connectivity index (χ2v) is 10.1. The maximum Gasteiger partial charge on any atom is 0.229 e. The van der Waals surface area contributed by atoms with Crippen LogP contribution in [-0.2, 0) is 12.0 Å². The molecule has 32 heavy (non-hydrogen) atoms. The molecule has 1 aliphatic heterocycles. The Balaban J connectivity index is 1.75. The molecule has 0 aliphatic carbocycles. The minimum atomic E-state index is -1.24. The van der Waals surface area contributed by atoms with Crippen molar-refractivity contribution in [1.29, 1.82) is 0 Å². The Morgan fingerprint density at radius 1 is 1.09 bits per heavy atom. The molecule has 7 nitrogen and oxygen atoms in total. The van der Waals surface area contributed by atoms with Gasteiger partial charge in [0, 0.05) is 42.0 Å². The molecule has 0 spiro atoms. The molecule has 1 atom stereocenters. The molecule has 3 aromatic rings. The lowest BCUT2D eigenvalue weighted by Gasteiger charge is -2.52. The Morgan fingerprint density at radius 2 is 1.78 bits per heavy atom. The first kappa shape index (κ1) is 22.6. The van der Waals surface area contributed by atoms with Crippen molar-refractivity contribution in [3.8, 4) is 11.4 Å². The van der Waals surface area contributed by atoms with E-state index in [4.69, 9.17) is 4.52 Å². The summed E-state index contributed by atoms with van der Waals surface area (Å²) < 4.78 is 5.32. The molecule has 1 aliphatic rings. The van der Waals surface area contributed by atoms with Crippen LogP contribution in [0, 0.1) is 5.41 Å². The molecule has 0 bridgehead atoms. The van der Waals surface area contributed by atoms with Gasteiger partial charge in [0.05, 0.1) is 12.0 Å². The largest absolute Gasteiger partial charge is 0.390 e. The maximum absolute atomic E-state index is 12.2. The highest BCUT2D eigenvalue weighted by molar-refractivity contribution is 5.56. The van der Waals surface area contributed by atoms with Gasteiger partial charge in [0.1, 0.15) is 5.60 Å². The van der Waals surface area contributed by atoms with Crippen LogP contribution in [0.2, 0.25) is 0 Å². The lowest BCUT2D eigenvalue weighted by atomic mass is 9.63. The monoisotopic (exact) mass is 436 g/mol. The molecule has 1 saturated heterocycles. The summed E-state index contributed by atoms with van der Waals surface area (Å²) >= 11 is 0. The van der Waals surface area contributed by atoms with Crippen molar-refractivity contribution in [1.82, 2.24) is 20.4 Å². The van der Waals surface area contributed by atoms with E-state index in [0.29, 0.717) is 41.8 Å². The minimum Gasteiger partial charge on any atom is -0.390 e. The van der Waals surface area contributed by atoms with Crippen LogP contribution in [0.5, 0.6) is 0 Å². The fourth-order valence-electron chi connectivity index (χ4n) is 4.30. The van der Waals surface area contributed by atoms with Gasteiger partial charge in [-0.15, -0.1) is 0 Å². The second-order valence-electron chi connectivity index (χ2n) is 10.1. The van der Waals surface area contributed by atoms with E-state index in [2.05, 4.69) is 53.3 Å². The van der Waals surface area contributed by atoms with E-state index in [1.54, 1.807) is 26.2 Å². The molecule has 4 rings (SSSR count). The highest BCUT2D eigenvalue weighted by Crippen LogP contribution is 2.48. The number of benzene rings is 1. The lowest BCUT2D eigenvalue weighted by molar-refractivity contribution is -0.0769. The molecule has 3 N–H and O–H groups in total. The molecule has 7 heteroatoms. The quantitative estimate of drug-likeness (QED) is 0.521. The number of aromatic nitrogens is 3. The number of hydrogen-bond donors (Lipinski definition) is 3. The van der Waals surface area contributed by atoms with Crippen LogP contribution in [0.1, 0.15) is 63.1 Å². The first-order valence-corrected chi connectivity index (χ1v) is 11.1. The molecule has 1 fully saturated rings. The Morgan fingerprint density at radius 3 is 2.34 bits per heavy atom. The van der Waals surface area contributed by atoms with E-state index >= 15 is 0 Å². The van der Waals surface area contributed by atoms with Gasteiger partial charge in [-0.2, -0.15) is 4.98 Å². The first-order chi connectivity index (χ1) is 15.0. The number of aliphatic hydroxyl groups is 2. The summed E-state index contributed by atoms with van der Waals surface area (Å²) in [5.74, 6) is 1.15. The molecule has 1 unspecified atom stereocenters. The second kappa shape index (κ2) is 8.06. The van der Waals surface area contributed by atoms with Gasteiger partial charge in [-0.1, -0.05) is 50.2 Å². The van der Waals surface area contributed by atoms with E-state index < -0.39 is 16.6 Å². The molecular formula is C25H32N4O3. The molecule has 2 aromatic heterocycles. The van der Waals surface area contributed by atoms with Gasteiger partial charge in [0.25, 0.3) is 0 Å². The summed E-state index contributed by atoms with van der Waals surface area (Å²) in [5.41, 5.74) is 0.822. The zero-order chi connectivity index (χ0) is 23.1. The number of hydrogen-bond acceptors (Lipinski definition) is 7. The van der Waals surface area contributed by atoms with Crippen molar-refractivity contribution >= 4 is 0 Å². The van der Waals surface area contributed by atoms with Gasteiger partial charge in [-0.3, -0.25) is 4.98 Å². The van der Waals surface area contributed by atoms with Gasteiger partial charge >= 0.3 is 0 Å². The zero-order valence-electron chi connectivity index (χ0n) is 19.4. The van der Waals surface area contributed by atoms with Crippen LogP contribution in [0.25, 0.3) is 11.4 Å². The van der Waals surface area contributed by atoms with Crippen molar-refractivity contribution in [2.75, 3.05) is 13.1 Å².